The molecule has 1 atom stereocenters. The van der Waals surface area contributed by atoms with Crippen LogP contribution in [0.4, 0.5) is 0 Å². The molecule has 0 saturated heterocycles. The molecule has 0 aliphatic heterocycles. The fourth-order valence-electron chi connectivity index (χ4n) is 1.51. The first-order chi connectivity index (χ1) is 6.13. The van der Waals surface area contributed by atoms with Crippen LogP contribution in [0.2, 0.25) is 0 Å². The second-order valence-electron chi connectivity index (χ2n) is 5.01. The largest absolute Gasteiger partial charge is 0.385 e. The van der Waals surface area contributed by atoms with Crippen molar-refractivity contribution in [2.45, 2.75) is 40.3 Å². The minimum absolute atomic E-state index is 0.363. The van der Waals surface area contributed by atoms with Crippen LogP contribution >= 0.6 is 0 Å². The lowest BCUT2D eigenvalue weighted by Gasteiger charge is -2.35. The smallest absolute Gasteiger partial charge is 0.125 e. The van der Waals surface area contributed by atoms with Crippen LogP contribution in [0.15, 0.2) is 5.10 Å². The third kappa shape index (κ3) is 3.16. The summed E-state index contributed by atoms with van der Waals surface area (Å²) in [5, 5.41) is 12.8. The number of aliphatic hydroxyl groups is 1. The van der Waals surface area contributed by atoms with Crippen LogP contribution < -0.4 is 17.3 Å². The van der Waals surface area contributed by atoms with Gasteiger partial charge in [0.2, 0.25) is 0 Å². The zero-order valence-corrected chi connectivity index (χ0v) is 9.41. The summed E-state index contributed by atoms with van der Waals surface area (Å²) in [6.45, 7) is 7.60. The van der Waals surface area contributed by atoms with Crippen LogP contribution in [0.5, 0.6) is 0 Å². The maximum Gasteiger partial charge on any atom is 0.125 e. The summed E-state index contributed by atoms with van der Waals surface area (Å²) in [7, 11) is 0. The second kappa shape index (κ2) is 4.14. The highest BCUT2D eigenvalue weighted by atomic mass is 16.3. The Morgan fingerprint density at radius 1 is 1.36 bits per heavy atom. The molecule has 0 saturated carbocycles. The maximum absolute atomic E-state index is 9.36. The zero-order chi connectivity index (χ0) is 11.6. The number of rotatable bonds is 4. The molecule has 0 amide bonds. The topological polar surface area (TPSA) is 111 Å². The van der Waals surface area contributed by atoms with Crippen molar-refractivity contribution in [3.8, 4) is 0 Å². The molecule has 0 bridgehead atoms. The third-order valence-corrected chi connectivity index (χ3v) is 2.53. The molecule has 0 aromatic heterocycles. The molecule has 0 heterocycles. The van der Waals surface area contributed by atoms with Gasteiger partial charge in [0.1, 0.15) is 12.1 Å². The normalized spacial score (nSPS) is 16.9. The molecule has 0 aliphatic carbocycles. The van der Waals surface area contributed by atoms with E-state index in [0.717, 1.165) is 0 Å². The molecule has 14 heavy (non-hydrogen) atoms. The van der Waals surface area contributed by atoms with E-state index in [-0.39, 0.29) is 5.41 Å². The SMILES string of the molecule is CC(C)(CC(C)(C)C(N)O)C(N)=NN. The lowest BCUT2D eigenvalue weighted by molar-refractivity contribution is 0.0335. The van der Waals surface area contributed by atoms with Gasteiger partial charge in [-0.2, -0.15) is 5.10 Å². The summed E-state index contributed by atoms with van der Waals surface area (Å²) < 4.78 is 0. The number of nitrogens with zero attached hydrogens (tertiary/aromatic N) is 1. The van der Waals surface area contributed by atoms with Gasteiger partial charge in [-0.05, 0) is 6.42 Å². The van der Waals surface area contributed by atoms with Gasteiger partial charge in [0.05, 0.1) is 0 Å². The molecule has 7 N–H and O–H groups in total. The second-order valence-corrected chi connectivity index (χ2v) is 5.01. The molecular weight excluding hydrogens is 180 g/mol. The Balaban J connectivity index is 4.67. The Labute approximate surface area is 85.3 Å². The minimum Gasteiger partial charge on any atom is -0.385 e. The number of aliphatic hydroxyl groups excluding tert-OH is 1. The van der Waals surface area contributed by atoms with E-state index in [1.54, 1.807) is 0 Å². The number of hydrazone groups is 1. The minimum atomic E-state index is -0.882. The number of hydrogen-bond acceptors (Lipinski definition) is 4. The van der Waals surface area contributed by atoms with Crippen LogP contribution in [-0.2, 0) is 0 Å². The van der Waals surface area contributed by atoms with Gasteiger partial charge in [0.25, 0.3) is 0 Å². The first-order valence-electron chi connectivity index (χ1n) is 4.61. The molecule has 0 fully saturated rings. The monoisotopic (exact) mass is 202 g/mol. The van der Waals surface area contributed by atoms with E-state index >= 15 is 0 Å². The number of amidine groups is 1. The summed E-state index contributed by atoms with van der Waals surface area (Å²) in [6, 6.07) is 0. The van der Waals surface area contributed by atoms with E-state index in [9.17, 15) is 5.11 Å². The van der Waals surface area contributed by atoms with E-state index in [4.69, 9.17) is 17.3 Å². The highest BCUT2D eigenvalue weighted by Gasteiger charge is 2.35. The lowest BCUT2D eigenvalue weighted by atomic mass is 9.73. The predicted octanol–water partition coefficient (Wildman–Crippen LogP) is -0.0631. The molecule has 0 rings (SSSR count). The van der Waals surface area contributed by atoms with E-state index < -0.39 is 11.6 Å². The van der Waals surface area contributed by atoms with E-state index in [0.29, 0.717) is 12.3 Å². The average Bonchev–Trinajstić information content (AvgIpc) is 2.00. The molecule has 5 nitrogen and oxygen atoms in total. The van der Waals surface area contributed by atoms with Gasteiger partial charge < -0.3 is 22.4 Å². The van der Waals surface area contributed by atoms with Crippen molar-refractivity contribution in [3.63, 3.8) is 0 Å². The van der Waals surface area contributed by atoms with Crippen molar-refractivity contribution in [1.82, 2.24) is 0 Å². The summed E-state index contributed by atoms with van der Waals surface area (Å²) in [6.07, 6.45) is -0.267. The molecule has 0 radical (unpaired) electrons. The quantitative estimate of drug-likeness (QED) is 0.168. The number of hydrogen-bond donors (Lipinski definition) is 4. The predicted molar refractivity (Wildman–Crippen MR) is 58.2 cm³/mol. The van der Waals surface area contributed by atoms with Crippen LogP contribution in [0.25, 0.3) is 0 Å². The lowest BCUT2D eigenvalue weighted by Crippen LogP contribution is -2.44. The number of nitrogens with two attached hydrogens (primary N) is 3. The van der Waals surface area contributed by atoms with Crippen molar-refractivity contribution in [2.75, 3.05) is 0 Å². The molecular formula is C9H22N4O. The average molecular weight is 202 g/mol. The van der Waals surface area contributed by atoms with Crippen molar-refractivity contribution in [3.05, 3.63) is 0 Å². The fourth-order valence-corrected chi connectivity index (χ4v) is 1.51. The van der Waals surface area contributed by atoms with Crippen molar-refractivity contribution < 1.29 is 5.11 Å². The molecule has 84 valence electrons. The summed E-state index contributed by atoms with van der Waals surface area (Å²) in [4.78, 5) is 0. The van der Waals surface area contributed by atoms with Crippen LogP contribution in [-0.4, -0.2) is 17.2 Å². The van der Waals surface area contributed by atoms with Gasteiger partial charge in [0.15, 0.2) is 0 Å². The fraction of sp³-hybridized carbons (Fsp3) is 0.889. The van der Waals surface area contributed by atoms with Gasteiger partial charge >= 0.3 is 0 Å². The Bertz CT molecular complexity index is 221. The van der Waals surface area contributed by atoms with Crippen molar-refractivity contribution in [2.24, 2.45) is 33.2 Å². The standard InChI is InChI=1S/C9H22N4O/c1-8(2,6(10)13-12)5-9(3,4)7(11)14/h7,14H,5,11-12H2,1-4H3,(H2,10,13). The van der Waals surface area contributed by atoms with E-state index in [2.05, 4.69) is 5.10 Å². The first-order valence-corrected chi connectivity index (χ1v) is 4.61. The van der Waals surface area contributed by atoms with Crippen molar-refractivity contribution >= 4 is 5.84 Å². The molecule has 0 aliphatic rings. The maximum atomic E-state index is 9.36. The molecule has 0 aromatic carbocycles. The van der Waals surface area contributed by atoms with Gasteiger partial charge in [-0.3, -0.25) is 0 Å². The van der Waals surface area contributed by atoms with Gasteiger partial charge in [-0.1, -0.05) is 27.7 Å². The van der Waals surface area contributed by atoms with E-state index in [1.165, 1.54) is 0 Å². The molecule has 0 aromatic rings. The molecule has 0 spiro atoms. The van der Waals surface area contributed by atoms with Crippen LogP contribution in [0, 0.1) is 10.8 Å². The first kappa shape index (κ1) is 13.2. The van der Waals surface area contributed by atoms with Crippen LogP contribution in [0.3, 0.4) is 0 Å². The van der Waals surface area contributed by atoms with Crippen LogP contribution in [0.1, 0.15) is 34.1 Å². The van der Waals surface area contributed by atoms with E-state index in [1.807, 2.05) is 27.7 Å². The summed E-state index contributed by atoms with van der Waals surface area (Å²) >= 11 is 0. The molecule has 5 heteroatoms. The van der Waals surface area contributed by atoms with Gasteiger partial charge in [0, 0.05) is 10.8 Å². The van der Waals surface area contributed by atoms with Gasteiger partial charge in [-0.25, -0.2) is 0 Å². The Kier molecular flexibility index (Phi) is 3.91. The highest BCUT2D eigenvalue weighted by Crippen LogP contribution is 2.34. The Morgan fingerprint density at radius 3 is 2.07 bits per heavy atom. The summed E-state index contributed by atoms with van der Waals surface area (Å²) in [5.74, 6) is 5.49. The van der Waals surface area contributed by atoms with Crippen molar-refractivity contribution in [1.29, 1.82) is 0 Å². The third-order valence-electron chi connectivity index (χ3n) is 2.53. The Morgan fingerprint density at radius 2 is 1.79 bits per heavy atom. The van der Waals surface area contributed by atoms with Gasteiger partial charge in [-0.15, -0.1) is 0 Å². The Hall–Kier alpha value is -0.810. The highest BCUT2D eigenvalue weighted by molar-refractivity contribution is 5.85. The molecule has 1 unspecified atom stereocenters. The summed E-state index contributed by atoms with van der Waals surface area (Å²) in [5.41, 5.74) is 10.3. The zero-order valence-electron chi connectivity index (χ0n) is 9.41.